The van der Waals surface area contributed by atoms with Crippen molar-refractivity contribution in [2.45, 2.75) is 44.8 Å². The molecule has 0 spiro atoms. The van der Waals surface area contributed by atoms with Gasteiger partial charge in [0.1, 0.15) is 0 Å². The minimum absolute atomic E-state index is 0.0305. The second kappa shape index (κ2) is 4.98. The molecular weight excluding hydrogens is 241 g/mol. The zero-order chi connectivity index (χ0) is 12.3. The summed E-state index contributed by atoms with van der Waals surface area (Å²) >= 11 is 0. The number of alkyl halides is 3. The Kier molecular flexibility index (Phi) is 5.03. The fraction of sp³-hybridized carbons (Fsp3) is 1.00. The Morgan fingerprint density at radius 1 is 1.07 bits per heavy atom. The molecule has 0 rings (SSSR count). The van der Waals surface area contributed by atoms with E-state index in [0.29, 0.717) is 0 Å². The minimum atomic E-state index is -4.13. The summed E-state index contributed by atoms with van der Waals surface area (Å²) in [6.45, 7) is 7.54. The summed E-state index contributed by atoms with van der Waals surface area (Å²) in [5, 5.41) is 0. The monoisotopic (exact) mass is 260 g/mol. The highest BCUT2D eigenvalue weighted by Gasteiger charge is 2.39. The standard InChI is InChI=1S/C8H19F3O2Si2/c1-12-15(5,13-14(2,3)4)7-6-8(9,10)11/h6-7H2,1-5H3. The number of rotatable bonds is 5. The van der Waals surface area contributed by atoms with Crippen molar-refractivity contribution in [3.05, 3.63) is 0 Å². The molecule has 0 heterocycles. The van der Waals surface area contributed by atoms with E-state index in [0.717, 1.165) is 0 Å². The van der Waals surface area contributed by atoms with Gasteiger partial charge in [0.25, 0.3) is 0 Å². The van der Waals surface area contributed by atoms with Gasteiger partial charge in [0, 0.05) is 13.5 Å². The molecule has 0 amide bonds. The van der Waals surface area contributed by atoms with E-state index in [1.54, 1.807) is 6.55 Å². The van der Waals surface area contributed by atoms with Crippen LogP contribution in [0.3, 0.4) is 0 Å². The van der Waals surface area contributed by atoms with Gasteiger partial charge in [-0.3, -0.25) is 0 Å². The van der Waals surface area contributed by atoms with Crippen LogP contribution in [-0.4, -0.2) is 30.2 Å². The second-order valence-corrected chi connectivity index (χ2v) is 12.9. The van der Waals surface area contributed by atoms with E-state index in [2.05, 4.69) is 0 Å². The quantitative estimate of drug-likeness (QED) is 0.704. The zero-order valence-electron chi connectivity index (χ0n) is 9.86. The normalized spacial score (nSPS) is 17.6. The Morgan fingerprint density at radius 2 is 1.53 bits per heavy atom. The molecule has 0 saturated carbocycles. The zero-order valence-corrected chi connectivity index (χ0v) is 11.9. The van der Waals surface area contributed by atoms with Gasteiger partial charge >= 0.3 is 14.7 Å². The number of halogens is 3. The topological polar surface area (TPSA) is 18.5 Å². The molecule has 1 atom stereocenters. The first kappa shape index (κ1) is 15.1. The highest BCUT2D eigenvalue weighted by Crippen LogP contribution is 2.28. The van der Waals surface area contributed by atoms with E-state index in [4.69, 9.17) is 8.54 Å². The highest BCUT2D eigenvalue weighted by atomic mass is 28.4. The van der Waals surface area contributed by atoms with Crippen LogP contribution in [0.2, 0.25) is 32.2 Å². The summed E-state index contributed by atoms with van der Waals surface area (Å²) in [6.07, 6.45) is -4.95. The van der Waals surface area contributed by atoms with Crippen molar-refractivity contribution in [3.8, 4) is 0 Å². The van der Waals surface area contributed by atoms with Gasteiger partial charge in [0.2, 0.25) is 0 Å². The Morgan fingerprint density at radius 3 is 1.80 bits per heavy atom. The summed E-state index contributed by atoms with van der Waals surface area (Å²) in [6, 6.07) is -0.0305. The van der Waals surface area contributed by atoms with E-state index in [9.17, 15) is 13.2 Å². The van der Waals surface area contributed by atoms with Crippen LogP contribution in [0.15, 0.2) is 0 Å². The first-order valence-corrected chi connectivity index (χ1v) is 10.7. The predicted octanol–water partition coefficient (Wildman–Crippen LogP) is 3.51. The van der Waals surface area contributed by atoms with Gasteiger partial charge in [-0.1, -0.05) is 0 Å². The average molecular weight is 260 g/mol. The molecule has 92 valence electrons. The Hall–Kier alpha value is 0.144. The Bertz CT molecular complexity index is 203. The number of hydrogen-bond donors (Lipinski definition) is 0. The van der Waals surface area contributed by atoms with E-state index in [1.165, 1.54) is 7.11 Å². The molecule has 0 fully saturated rings. The van der Waals surface area contributed by atoms with Gasteiger partial charge in [-0.25, -0.2) is 0 Å². The van der Waals surface area contributed by atoms with E-state index < -0.39 is 29.5 Å². The van der Waals surface area contributed by atoms with Crippen LogP contribution < -0.4 is 0 Å². The summed E-state index contributed by atoms with van der Waals surface area (Å²) in [5.74, 6) is 0. The molecule has 1 unspecified atom stereocenters. The highest BCUT2D eigenvalue weighted by molar-refractivity contribution is 6.81. The molecule has 0 aromatic rings. The first-order valence-electron chi connectivity index (χ1n) is 4.79. The van der Waals surface area contributed by atoms with Crippen molar-refractivity contribution in [2.75, 3.05) is 7.11 Å². The molecule has 0 bridgehead atoms. The predicted molar refractivity (Wildman–Crippen MR) is 58.5 cm³/mol. The van der Waals surface area contributed by atoms with Crippen molar-refractivity contribution in [3.63, 3.8) is 0 Å². The molecule has 7 heteroatoms. The van der Waals surface area contributed by atoms with Gasteiger partial charge in [-0.2, -0.15) is 13.2 Å². The van der Waals surface area contributed by atoms with Crippen molar-refractivity contribution in [1.82, 2.24) is 0 Å². The van der Waals surface area contributed by atoms with Crippen LogP contribution in [0.25, 0.3) is 0 Å². The third kappa shape index (κ3) is 8.00. The molecule has 2 nitrogen and oxygen atoms in total. The van der Waals surface area contributed by atoms with Gasteiger partial charge in [-0.05, 0) is 32.2 Å². The van der Waals surface area contributed by atoms with Crippen LogP contribution in [-0.2, 0) is 8.54 Å². The van der Waals surface area contributed by atoms with E-state index in [1.807, 2.05) is 19.6 Å². The van der Waals surface area contributed by atoms with Crippen LogP contribution in [0, 0.1) is 0 Å². The van der Waals surface area contributed by atoms with Crippen LogP contribution in [0.4, 0.5) is 13.2 Å². The second-order valence-electron chi connectivity index (χ2n) is 4.67. The third-order valence-electron chi connectivity index (χ3n) is 1.82. The fourth-order valence-corrected chi connectivity index (χ4v) is 8.08. The molecule has 0 aromatic carbocycles. The lowest BCUT2D eigenvalue weighted by Crippen LogP contribution is -2.47. The minimum Gasteiger partial charge on any atom is -0.436 e. The molecule has 0 aliphatic carbocycles. The molecular formula is C8H19F3O2Si2. The maximum atomic E-state index is 12.1. The lowest BCUT2D eigenvalue weighted by atomic mass is 10.5. The van der Waals surface area contributed by atoms with E-state index >= 15 is 0 Å². The maximum absolute atomic E-state index is 12.1. The largest absolute Gasteiger partial charge is 0.436 e. The molecule has 0 radical (unpaired) electrons. The van der Waals surface area contributed by atoms with Crippen LogP contribution in [0.5, 0.6) is 0 Å². The van der Waals surface area contributed by atoms with Gasteiger partial charge in [0.05, 0.1) is 0 Å². The van der Waals surface area contributed by atoms with Crippen LogP contribution in [0.1, 0.15) is 6.42 Å². The SMILES string of the molecule is CO[Si](C)(CCC(F)(F)F)O[Si](C)(C)C. The third-order valence-corrected chi connectivity index (χ3v) is 8.01. The summed E-state index contributed by atoms with van der Waals surface area (Å²) in [5.41, 5.74) is 0. The first-order chi connectivity index (χ1) is 6.47. The Labute approximate surface area is 91.1 Å². The van der Waals surface area contributed by atoms with Gasteiger partial charge < -0.3 is 8.54 Å². The smallest absolute Gasteiger partial charge is 0.389 e. The maximum Gasteiger partial charge on any atom is 0.389 e. The molecule has 0 aliphatic heterocycles. The van der Waals surface area contributed by atoms with Crippen LogP contribution >= 0.6 is 0 Å². The average Bonchev–Trinajstić information content (AvgIpc) is 1.97. The fourth-order valence-electron chi connectivity index (χ4n) is 1.21. The van der Waals surface area contributed by atoms with Crippen molar-refractivity contribution in [1.29, 1.82) is 0 Å². The summed E-state index contributed by atoms with van der Waals surface area (Å²) < 4.78 is 47.1. The van der Waals surface area contributed by atoms with E-state index in [-0.39, 0.29) is 6.04 Å². The molecule has 15 heavy (non-hydrogen) atoms. The molecule has 0 saturated heterocycles. The van der Waals surface area contributed by atoms with Crippen molar-refractivity contribution < 1.29 is 21.7 Å². The molecule has 0 N–H and O–H groups in total. The Balaban J connectivity index is 4.32. The lowest BCUT2D eigenvalue weighted by molar-refractivity contribution is -0.131. The lowest BCUT2D eigenvalue weighted by Gasteiger charge is -2.32. The van der Waals surface area contributed by atoms with Gasteiger partial charge in [-0.15, -0.1) is 0 Å². The molecule has 0 aromatic heterocycles. The van der Waals surface area contributed by atoms with Crippen molar-refractivity contribution >= 4 is 16.9 Å². The van der Waals surface area contributed by atoms with Crippen molar-refractivity contribution in [2.24, 2.45) is 0 Å². The molecule has 0 aliphatic rings. The summed E-state index contributed by atoms with van der Waals surface area (Å²) in [7, 11) is -3.03. The van der Waals surface area contributed by atoms with Gasteiger partial charge in [0.15, 0.2) is 8.32 Å². The number of hydrogen-bond acceptors (Lipinski definition) is 2. The summed E-state index contributed by atoms with van der Waals surface area (Å²) in [4.78, 5) is 0.